The van der Waals surface area contributed by atoms with Gasteiger partial charge in [-0.3, -0.25) is 14.9 Å². The second-order valence-electron chi connectivity index (χ2n) is 7.07. The van der Waals surface area contributed by atoms with Gasteiger partial charge in [0.1, 0.15) is 12.1 Å². The Hall–Kier alpha value is -3.20. The zero-order chi connectivity index (χ0) is 20.3. The standard InChI is InChI=1S/C19H22N4O5/c1-10(2)7-14(18(24)25)20-15(19(26)27)8-11-9-16(28-23-11)17-21-12-5-3-4-6-13(12)22-17/h3-6,9-10,14-15,20H,7-8H2,1-2H3,(H,21,22)(H,24,25)(H,26,27). The maximum Gasteiger partial charge on any atom is 0.321 e. The highest BCUT2D eigenvalue weighted by Crippen LogP contribution is 2.21. The Balaban J connectivity index is 1.75. The quantitative estimate of drug-likeness (QED) is 0.439. The highest BCUT2D eigenvalue weighted by molar-refractivity contribution is 5.79. The van der Waals surface area contributed by atoms with E-state index in [1.807, 2.05) is 38.1 Å². The lowest BCUT2D eigenvalue weighted by molar-refractivity contribution is -0.142. The maximum atomic E-state index is 11.6. The number of aliphatic carboxylic acids is 2. The average molecular weight is 386 g/mol. The monoisotopic (exact) mass is 386 g/mol. The first-order valence-electron chi connectivity index (χ1n) is 8.96. The zero-order valence-corrected chi connectivity index (χ0v) is 15.5. The summed E-state index contributed by atoms with van der Waals surface area (Å²) < 4.78 is 5.30. The van der Waals surface area contributed by atoms with E-state index in [4.69, 9.17) is 4.52 Å². The Bertz CT molecular complexity index is 945. The number of hydrogen-bond donors (Lipinski definition) is 4. The molecule has 1 aromatic carbocycles. The minimum Gasteiger partial charge on any atom is -0.480 e. The molecule has 2 aromatic heterocycles. The molecule has 0 saturated heterocycles. The molecule has 0 saturated carbocycles. The number of benzene rings is 1. The molecule has 4 N–H and O–H groups in total. The number of carbonyl (C=O) groups is 2. The number of aromatic amines is 1. The van der Waals surface area contributed by atoms with Crippen molar-refractivity contribution in [3.05, 3.63) is 36.0 Å². The molecule has 9 nitrogen and oxygen atoms in total. The fourth-order valence-corrected chi connectivity index (χ4v) is 2.97. The number of nitrogens with zero attached hydrogens (tertiary/aromatic N) is 2. The Morgan fingerprint density at radius 3 is 2.54 bits per heavy atom. The van der Waals surface area contributed by atoms with Gasteiger partial charge < -0.3 is 19.7 Å². The molecule has 0 aliphatic rings. The van der Waals surface area contributed by atoms with E-state index in [9.17, 15) is 19.8 Å². The molecule has 0 fully saturated rings. The lowest BCUT2D eigenvalue weighted by Crippen LogP contribution is -2.48. The number of rotatable bonds is 9. The summed E-state index contributed by atoms with van der Waals surface area (Å²) in [6.45, 7) is 3.76. The first kappa shape index (κ1) is 19.6. The summed E-state index contributed by atoms with van der Waals surface area (Å²) in [6, 6.07) is 7.04. The summed E-state index contributed by atoms with van der Waals surface area (Å²) >= 11 is 0. The number of imidazole rings is 1. The fourth-order valence-electron chi connectivity index (χ4n) is 2.97. The van der Waals surface area contributed by atoms with Crippen LogP contribution in [0.5, 0.6) is 0 Å². The number of aromatic nitrogens is 3. The highest BCUT2D eigenvalue weighted by Gasteiger charge is 2.28. The summed E-state index contributed by atoms with van der Waals surface area (Å²) in [5, 5.41) is 25.4. The molecule has 0 radical (unpaired) electrons. The molecule has 0 bridgehead atoms. The fraction of sp³-hybridized carbons (Fsp3) is 0.368. The Morgan fingerprint density at radius 1 is 1.18 bits per heavy atom. The predicted octanol–water partition coefficient (Wildman–Crippen LogP) is 2.30. The molecule has 28 heavy (non-hydrogen) atoms. The van der Waals surface area contributed by atoms with Gasteiger partial charge in [-0.2, -0.15) is 0 Å². The molecule has 0 amide bonds. The molecule has 2 unspecified atom stereocenters. The van der Waals surface area contributed by atoms with E-state index in [-0.39, 0.29) is 12.3 Å². The number of para-hydroxylation sites is 2. The van der Waals surface area contributed by atoms with Gasteiger partial charge in [0, 0.05) is 12.5 Å². The normalized spacial score (nSPS) is 13.7. The van der Waals surface area contributed by atoms with Crippen molar-refractivity contribution in [1.82, 2.24) is 20.4 Å². The molecule has 148 valence electrons. The third kappa shape index (κ3) is 4.55. The lowest BCUT2D eigenvalue weighted by Gasteiger charge is -2.21. The highest BCUT2D eigenvalue weighted by atomic mass is 16.5. The second kappa shape index (κ2) is 8.22. The third-order valence-corrected chi connectivity index (χ3v) is 4.30. The number of hydrogen-bond acceptors (Lipinski definition) is 6. The van der Waals surface area contributed by atoms with Gasteiger partial charge in [-0.1, -0.05) is 31.1 Å². The van der Waals surface area contributed by atoms with Crippen LogP contribution < -0.4 is 5.32 Å². The first-order valence-corrected chi connectivity index (χ1v) is 8.96. The van der Waals surface area contributed by atoms with Crippen LogP contribution in [0.4, 0.5) is 0 Å². The Labute approximate surface area is 160 Å². The summed E-state index contributed by atoms with van der Waals surface area (Å²) in [5.41, 5.74) is 2.01. The van der Waals surface area contributed by atoms with Crippen molar-refractivity contribution in [3.63, 3.8) is 0 Å². The number of fused-ring (bicyclic) bond motifs is 1. The van der Waals surface area contributed by atoms with Crippen LogP contribution in [-0.4, -0.2) is 49.4 Å². The van der Waals surface area contributed by atoms with Gasteiger partial charge in [-0.15, -0.1) is 0 Å². The van der Waals surface area contributed by atoms with Crippen LogP contribution in [-0.2, 0) is 16.0 Å². The Kier molecular flexibility index (Phi) is 5.74. The summed E-state index contributed by atoms with van der Waals surface area (Å²) in [7, 11) is 0. The molecular formula is C19H22N4O5. The number of carboxylic acids is 2. The van der Waals surface area contributed by atoms with E-state index < -0.39 is 24.0 Å². The largest absolute Gasteiger partial charge is 0.480 e. The van der Waals surface area contributed by atoms with E-state index in [0.717, 1.165) is 11.0 Å². The average Bonchev–Trinajstić information content (AvgIpc) is 3.26. The zero-order valence-electron chi connectivity index (χ0n) is 15.5. The van der Waals surface area contributed by atoms with Crippen molar-refractivity contribution in [2.75, 3.05) is 0 Å². The van der Waals surface area contributed by atoms with Gasteiger partial charge >= 0.3 is 11.9 Å². The van der Waals surface area contributed by atoms with Crippen molar-refractivity contribution in [2.24, 2.45) is 5.92 Å². The van der Waals surface area contributed by atoms with Gasteiger partial charge in [-0.25, -0.2) is 4.98 Å². The third-order valence-electron chi connectivity index (χ3n) is 4.30. The number of nitrogens with one attached hydrogen (secondary N) is 2. The second-order valence-corrected chi connectivity index (χ2v) is 7.07. The van der Waals surface area contributed by atoms with Gasteiger partial charge in [0.15, 0.2) is 5.82 Å². The molecule has 2 atom stereocenters. The van der Waals surface area contributed by atoms with Gasteiger partial charge in [-0.05, 0) is 24.5 Å². The van der Waals surface area contributed by atoms with E-state index in [1.54, 1.807) is 6.07 Å². The van der Waals surface area contributed by atoms with Crippen molar-refractivity contribution in [2.45, 2.75) is 38.8 Å². The predicted molar refractivity (Wildman–Crippen MR) is 101 cm³/mol. The topological polar surface area (TPSA) is 141 Å². The van der Waals surface area contributed by atoms with E-state index in [2.05, 4.69) is 20.4 Å². The molecule has 3 aromatic rings. The van der Waals surface area contributed by atoms with E-state index in [0.29, 0.717) is 23.7 Å². The van der Waals surface area contributed by atoms with Crippen LogP contribution >= 0.6 is 0 Å². The summed E-state index contributed by atoms with van der Waals surface area (Å²) in [5.74, 6) is -1.25. The molecule has 2 heterocycles. The maximum absolute atomic E-state index is 11.6. The van der Waals surface area contributed by atoms with Crippen molar-refractivity contribution < 1.29 is 24.3 Å². The minimum absolute atomic E-state index is 0.0130. The lowest BCUT2D eigenvalue weighted by atomic mass is 10.0. The van der Waals surface area contributed by atoms with Crippen LogP contribution in [0.1, 0.15) is 26.0 Å². The molecule has 3 rings (SSSR count). The molecule has 9 heteroatoms. The Morgan fingerprint density at radius 2 is 1.89 bits per heavy atom. The van der Waals surface area contributed by atoms with Crippen molar-refractivity contribution >= 4 is 23.0 Å². The van der Waals surface area contributed by atoms with Crippen LogP contribution in [0.15, 0.2) is 34.9 Å². The molecule has 0 aliphatic heterocycles. The number of carboxylic acid groups (broad SMARTS) is 2. The molecule has 0 aliphatic carbocycles. The SMILES string of the molecule is CC(C)CC(NC(Cc1cc(-c2nc3ccccc3[nH]2)on1)C(=O)O)C(=O)O. The van der Waals surface area contributed by atoms with Crippen LogP contribution in [0.2, 0.25) is 0 Å². The van der Waals surface area contributed by atoms with Crippen molar-refractivity contribution in [1.29, 1.82) is 0 Å². The van der Waals surface area contributed by atoms with Gasteiger partial charge in [0.2, 0.25) is 5.76 Å². The smallest absolute Gasteiger partial charge is 0.321 e. The van der Waals surface area contributed by atoms with Gasteiger partial charge in [0.05, 0.1) is 16.7 Å². The molecular weight excluding hydrogens is 364 g/mol. The first-order chi connectivity index (χ1) is 13.3. The van der Waals surface area contributed by atoms with Crippen LogP contribution in [0.3, 0.4) is 0 Å². The van der Waals surface area contributed by atoms with E-state index >= 15 is 0 Å². The van der Waals surface area contributed by atoms with Crippen molar-refractivity contribution in [3.8, 4) is 11.6 Å². The van der Waals surface area contributed by atoms with Gasteiger partial charge in [0.25, 0.3) is 0 Å². The minimum atomic E-state index is -1.15. The number of H-pyrrole nitrogens is 1. The summed E-state index contributed by atoms with van der Waals surface area (Å²) in [6.07, 6.45) is 0.309. The van der Waals surface area contributed by atoms with Crippen LogP contribution in [0, 0.1) is 5.92 Å². The van der Waals surface area contributed by atoms with E-state index in [1.165, 1.54) is 0 Å². The summed E-state index contributed by atoms with van der Waals surface area (Å²) in [4.78, 5) is 30.6. The van der Waals surface area contributed by atoms with Crippen LogP contribution in [0.25, 0.3) is 22.6 Å². The molecule has 0 spiro atoms.